The Hall–Kier alpha value is -1.85. The maximum atomic E-state index is 13.8. The van der Waals surface area contributed by atoms with E-state index in [2.05, 4.69) is 5.43 Å². The SMILES string of the molecule is Cc1cc(F)ccc1C(NN)c1cccc(F)c1F. The molecule has 0 saturated carbocycles. The third kappa shape index (κ3) is 2.62. The smallest absolute Gasteiger partial charge is 0.163 e. The Morgan fingerprint density at radius 3 is 2.42 bits per heavy atom. The summed E-state index contributed by atoms with van der Waals surface area (Å²) in [6.07, 6.45) is 0. The molecule has 2 nitrogen and oxygen atoms in total. The van der Waals surface area contributed by atoms with Crippen molar-refractivity contribution in [2.24, 2.45) is 5.84 Å². The van der Waals surface area contributed by atoms with E-state index in [1.165, 1.54) is 30.3 Å². The first-order valence-corrected chi connectivity index (χ1v) is 5.70. The van der Waals surface area contributed by atoms with Crippen LogP contribution >= 0.6 is 0 Å². The summed E-state index contributed by atoms with van der Waals surface area (Å²) < 4.78 is 40.1. The van der Waals surface area contributed by atoms with E-state index in [0.717, 1.165) is 6.07 Å². The number of benzene rings is 2. The molecular weight excluding hydrogens is 253 g/mol. The number of nitrogens with two attached hydrogens (primary N) is 1. The summed E-state index contributed by atoms with van der Waals surface area (Å²) in [5.74, 6) is 3.13. The van der Waals surface area contributed by atoms with Crippen molar-refractivity contribution < 1.29 is 13.2 Å². The van der Waals surface area contributed by atoms with E-state index in [9.17, 15) is 13.2 Å². The lowest BCUT2D eigenvalue weighted by Gasteiger charge is -2.19. The minimum Gasteiger partial charge on any atom is -0.271 e. The van der Waals surface area contributed by atoms with Crippen LogP contribution in [0.4, 0.5) is 13.2 Å². The molecule has 0 aliphatic rings. The fourth-order valence-electron chi connectivity index (χ4n) is 2.05. The molecule has 0 heterocycles. The molecule has 5 heteroatoms. The predicted molar refractivity (Wildman–Crippen MR) is 66.7 cm³/mol. The lowest BCUT2D eigenvalue weighted by Crippen LogP contribution is -2.30. The average Bonchev–Trinajstić information content (AvgIpc) is 2.37. The number of nitrogens with one attached hydrogen (secondary N) is 1. The molecule has 0 aromatic heterocycles. The Morgan fingerprint density at radius 1 is 1.05 bits per heavy atom. The van der Waals surface area contributed by atoms with E-state index in [-0.39, 0.29) is 5.56 Å². The van der Waals surface area contributed by atoms with Crippen molar-refractivity contribution in [1.82, 2.24) is 5.43 Å². The Kier molecular flexibility index (Phi) is 3.87. The van der Waals surface area contributed by atoms with Gasteiger partial charge in [-0.05, 0) is 36.2 Å². The van der Waals surface area contributed by atoms with Gasteiger partial charge in [0.2, 0.25) is 0 Å². The molecule has 2 rings (SSSR count). The van der Waals surface area contributed by atoms with Gasteiger partial charge in [-0.2, -0.15) is 0 Å². The van der Waals surface area contributed by atoms with Crippen LogP contribution in [0.1, 0.15) is 22.7 Å². The number of rotatable bonds is 3. The minimum absolute atomic E-state index is 0.0807. The van der Waals surface area contributed by atoms with Crippen molar-refractivity contribution in [3.05, 3.63) is 70.5 Å². The van der Waals surface area contributed by atoms with Gasteiger partial charge in [-0.1, -0.05) is 18.2 Å². The first-order valence-electron chi connectivity index (χ1n) is 5.70. The van der Waals surface area contributed by atoms with E-state index < -0.39 is 23.5 Å². The first-order chi connectivity index (χ1) is 9.04. The van der Waals surface area contributed by atoms with Crippen LogP contribution in [0.25, 0.3) is 0 Å². The van der Waals surface area contributed by atoms with E-state index in [4.69, 9.17) is 5.84 Å². The van der Waals surface area contributed by atoms with Gasteiger partial charge in [0.1, 0.15) is 5.82 Å². The van der Waals surface area contributed by atoms with Gasteiger partial charge in [0, 0.05) is 5.56 Å². The minimum atomic E-state index is -0.964. The van der Waals surface area contributed by atoms with Crippen molar-refractivity contribution in [1.29, 1.82) is 0 Å². The second-order valence-electron chi connectivity index (χ2n) is 4.24. The number of hydrogen-bond acceptors (Lipinski definition) is 2. The summed E-state index contributed by atoms with van der Waals surface area (Å²) in [6.45, 7) is 1.68. The molecule has 0 saturated heterocycles. The monoisotopic (exact) mass is 266 g/mol. The zero-order valence-electron chi connectivity index (χ0n) is 10.3. The van der Waals surface area contributed by atoms with E-state index in [1.54, 1.807) is 6.92 Å². The van der Waals surface area contributed by atoms with Gasteiger partial charge in [0.25, 0.3) is 0 Å². The topological polar surface area (TPSA) is 38.0 Å². The summed E-state index contributed by atoms with van der Waals surface area (Å²) in [4.78, 5) is 0. The van der Waals surface area contributed by atoms with Gasteiger partial charge in [-0.3, -0.25) is 5.84 Å². The van der Waals surface area contributed by atoms with Crippen LogP contribution in [-0.4, -0.2) is 0 Å². The highest BCUT2D eigenvalue weighted by atomic mass is 19.2. The highest BCUT2D eigenvalue weighted by Crippen LogP contribution is 2.27. The molecule has 19 heavy (non-hydrogen) atoms. The van der Waals surface area contributed by atoms with Gasteiger partial charge in [0.05, 0.1) is 6.04 Å². The summed E-state index contributed by atoms with van der Waals surface area (Å²) in [5, 5.41) is 0. The third-order valence-electron chi connectivity index (χ3n) is 3.00. The Bertz CT molecular complexity index is 599. The summed E-state index contributed by atoms with van der Waals surface area (Å²) in [6, 6.07) is 7.20. The van der Waals surface area contributed by atoms with E-state index >= 15 is 0 Å². The molecule has 0 radical (unpaired) electrons. The average molecular weight is 266 g/mol. The summed E-state index contributed by atoms with van der Waals surface area (Å²) in [7, 11) is 0. The molecule has 1 atom stereocenters. The summed E-state index contributed by atoms with van der Waals surface area (Å²) >= 11 is 0. The zero-order valence-corrected chi connectivity index (χ0v) is 10.3. The molecule has 100 valence electrons. The largest absolute Gasteiger partial charge is 0.271 e. The Labute approximate surface area is 109 Å². The summed E-state index contributed by atoms with van der Waals surface area (Å²) in [5.41, 5.74) is 3.71. The maximum absolute atomic E-state index is 13.8. The van der Waals surface area contributed by atoms with Crippen LogP contribution < -0.4 is 11.3 Å². The highest BCUT2D eigenvalue weighted by Gasteiger charge is 2.20. The van der Waals surface area contributed by atoms with Gasteiger partial charge in [-0.15, -0.1) is 0 Å². The highest BCUT2D eigenvalue weighted by molar-refractivity contribution is 5.37. The van der Waals surface area contributed by atoms with Crippen LogP contribution in [0.5, 0.6) is 0 Å². The van der Waals surface area contributed by atoms with Crippen molar-refractivity contribution in [2.75, 3.05) is 0 Å². The normalized spacial score (nSPS) is 12.5. The van der Waals surface area contributed by atoms with Crippen molar-refractivity contribution in [2.45, 2.75) is 13.0 Å². The van der Waals surface area contributed by atoms with E-state index in [0.29, 0.717) is 11.1 Å². The van der Waals surface area contributed by atoms with Crippen LogP contribution in [0, 0.1) is 24.4 Å². The maximum Gasteiger partial charge on any atom is 0.163 e. The van der Waals surface area contributed by atoms with Gasteiger partial charge < -0.3 is 0 Å². The van der Waals surface area contributed by atoms with Crippen molar-refractivity contribution in [3.8, 4) is 0 Å². The number of aryl methyl sites for hydroxylation is 1. The molecule has 0 aliphatic heterocycles. The van der Waals surface area contributed by atoms with Crippen LogP contribution in [-0.2, 0) is 0 Å². The predicted octanol–water partition coefficient (Wildman–Crippen LogP) is 2.97. The van der Waals surface area contributed by atoms with Crippen molar-refractivity contribution in [3.63, 3.8) is 0 Å². The van der Waals surface area contributed by atoms with Gasteiger partial charge in [-0.25, -0.2) is 18.6 Å². The second kappa shape index (κ2) is 5.42. The molecule has 2 aromatic carbocycles. The Morgan fingerprint density at radius 2 is 1.79 bits per heavy atom. The fourth-order valence-corrected chi connectivity index (χ4v) is 2.05. The molecule has 2 aromatic rings. The number of hydrogen-bond donors (Lipinski definition) is 2. The zero-order chi connectivity index (χ0) is 14.0. The lowest BCUT2D eigenvalue weighted by molar-refractivity contribution is 0.482. The molecule has 0 amide bonds. The molecule has 3 N–H and O–H groups in total. The third-order valence-corrected chi connectivity index (χ3v) is 3.00. The van der Waals surface area contributed by atoms with Gasteiger partial charge in [0.15, 0.2) is 11.6 Å². The van der Waals surface area contributed by atoms with Crippen LogP contribution in [0.2, 0.25) is 0 Å². The fraction of sp³-hybridized carbons (Fsp3) is 0.143. The first kappa shape index (κ1) is 13.6. The van der Waals surface area contributed by atoms with E-state index in [1.807, 2.05) is 0 Å². The lowest BCUT2D eigenvalue weighted by atomic mass is 9.95. The van der Waals surface area contributed by atoms with Crippen LogP contribution in [0.3, 0.4) is 0 Å². The molecule has 1 unspecified atom stereocenters. The van der Waals surface area contributed by atoms with Gasteiger partial charge >= 0.3 is 0 Å². The molecule has 0 aliphatic carbocycles. The molecular formula is C14H13F3N2. The molecule has 0 bridgehead atoms. The van der Waals surface area contributed by atoms with Crippen molar-refractivity contribution >= 4 is 0 Å². The molecule has 0 fully saturated rings. The second-order valence-corrected chi connectivity index (χ2v) is 4.24. The van der Waals surface area contributed by atoms with Crippen LogP contribution in [0.15, 0.2) is 36.4 Å². The number of hydrazine groups is 1. The molecule has 0 spiro atoms. The quantitative estimate of drug-likeness (QED) is 0.662. The Balaban J connectivity index is 2.53. The standard InChI is InChI=1S/C14H13F3N2/c1-8-7-9(15)5-6-10(8)14(19-18)11-3-2-4-12(16)13(11)17/h2-7,14,19H,18H2,1H3. The number of halogens is 3.